The van der Waals surface area contributed by atoms with Crippen molar-refractivity contribution < 1.29 is 22.3 Å². The van der Waals surface area contributed by atoms with Crippen LogP contribution in [-0.2, 0) is 12.8 Å². The van der Waals surface area contributed by atoms with Gasteiger partial charge in [0, 0.05) is 10.6 Å². The molecule has 0 aliphatic heterocycles. The predicted octanol–water partition coefficient (Wildman–Crippen LogP) is 4.18. The predicted molar refractivity (Wildman–Crippen MR) is 67.5 cm³/mol. The summed E-state index contributed by atoms with van der Waals surface area (Å²) >= 11 is 5.72. The summed E-state index contributed by atoms with van der Waals surface area (Å²) in [4.78, 5) is 7.67. The van der Waals surface area contributed by atoms with E-state index in [9.17, 15) is 17.6 Å². The van der Waals surface area contributed by atoms with E-state index in [0.29, 0.717) is 11.9 Å². The Bertz CT molecular complexity index is 644. The molecule has 0 N–H and O–H groups in total. The molecule has 0 amide bonds. The molecule has 0 aliphatic rings. The maximum absolute atomic E-state index is 13.4. The maximum atomic E-state index is 13.4. The van der Waals surface area contributed by atoms with E-state index in [2.05, 4.69) is 9.97 Å². The summed E-state index contributed by atoms with van der Waals surface area (Å²) in [7, 11) is 0. The summed E-state index contributed by atoms with van der Waals surface area (Å²) in [5.74, 6) is -0.748. The number of ether oxygens (including phenoxy) is 1. The number of rotatable bonds is 3. The van der Waals surface area contributed by atoms with Crippen molar-refractivity contribution in [3.63, 3.8) is 0 Å². The Morgan fingerprint density at radius 1 is 1.19 bits per heavy atom. The largest absolute Gasteiger partial charge is 0.486 e. The Hall–Kier alpha value is -1.89. The van der Waals surface area contributed by atoms with Crippen LogP contribution in [-0.4, -0.2) is 9.97 Å². The van der Waals surface area contributed by atoms with E-state index in [0.717, 1.165) is 6.07 Å². The summed E-state index contributed by atoms with van der Waals surface area (Å²) in [5.41, 5.74) is -1.90. The van der Waals surface area contributed by atoms with Crippen LogP contribution in [0.2, 0.25) is 5.02 Å². The monoisotopic (exact) mass is 320 g/mol. The molecular weight excluding hydrogens is 312 g/mol. The van der Waals surface area contributed by atoms with Gasteiger partial charge in [0.2, 0.25) is 0 Å². The van der Waals surface area contributed by atoms with E-state index in [1.807, 2.05) is 0 Å². The number of hydrogen-bond donors (Lipinski definition) is 0. The zero-order valence-electron chi connectivity index (χ0n) is 10.7. The van der Waals surface area contributed by atoms with Crippen molar-refractivity contribution in [2.75, 3.05) is 0 Å². The van der Waals surface area contributed by atoms with E-state index >= 15 is 0 Å². The molecule has 21 heavy (non-hydrogen) atoms. The highest BCUT2D eigenvalue weighted by Gasteiger charge is 2.38. The summed E-state index contributed by atoms with van der Waals surface area (Å²) in [6.45, 7) is 1.10. The van der Waals surface area contributed by atoms with Crippen LogP contribution in [0.1, 0.15) is 17.0 Å². The number of hydrogen-bond acceptors (Lipinski definition) is 3. The van der Waals surface area contributed by atoms with E-state index in [4.69, 9.17) is 16.3 Å². The molecule has 0 atom stereocenters. The van der Waals surface area contributed by atoms with Gasteiger partial charge in [0.15, 0.2) is 5.75 Å². The summed E-state index contributed by atoms with van der Waals surface area (Å²) in [6.07, 6.45) is -2.25. The third-order valence-electron chi connectivity index (χ3n) is 2.63. The molecule has 0 aliphatic carbocycles. The second-order valence-electron chi connectivity index (χ2n) is 4.14. The molecule has 3 nitrogen and oxygen atoms in total. The van der Waals surface area contributed by atoms with Crippen LogP contribution in [0, 0.1) is 12.7 Å². The molecular formula is C13H9ClF4N2O. The second kappa shape index (κ2) is 5.85. The number of benzene rings is 1. The summed E-state index contributed by atoms with van der Waals surface area (Å²) in [5, 5.41) is -0.225. The van der Waals surface area contributed by atoms with Crippen LogP contribution in [0.5, 0.6) is 5.75 Å². The minimum atomic E-state index is -4.86. The SMILES string of the molecule is Cc1ncc(OCc2c(Cl)ccc(F)c2C(F)(F)F)cn1. The van der Waals surface area contributed by atoms with Crippen molar-refractivity contribution in [2.24, 2.45) is 0 Å². The first-order chi connectivity index (χ1) is 9.79. The van der Waals surface area contributed by atoms with Crippen LogP contribution in [0.3, 0.4) is 0 Å². The molecule has 2 rings (SSSR count). The Morgan fingerprint density at radius 3 is 2.38 bits per heavy atom. The zero-order valence-corrected chi connectivity index (χ0v) is 11.5. The first kappa shape index (κ1) is 15.5. The lowest BCUT2D eigenvalue weighted by atomic mass is 10.1. The number of alkyl halides is 3. The highest BCUT2D eigenvalue weighted by Crippen LogP contribution is 2.37. The number of aryl methyl sites for hydroxylation is 1. The first-order valence-electron chi connectivity index (χ1n) is 5.74. The first-order valence-corrected chi connectivity index (χ1v) is 6.12. The van der Waals surface area contributed by atoms with E-state index in [1.165, 1.54) is 12.4 Å². The molecule has 0 bridgehead atoms. The minimum absolute atomic E-state index is 0.161. The number of halogens is 5. The fraction of sp³-hybridized carbons (Fsp3) is 0.231. The molecule has 1 aromatic heterocycles. The lowest BCUT2D eigenvalue weighted by Crippen LogP contribution is -2.14. The molecule has 0 saturated heterocycles. The van der Waals surface area contributed by atoms with Gasteiger partial charge in [-0.3, -0.25) is 0 Å². The van der Waals surface area contributed by atoms with Gasteiger partial charge >= 0.3 is 6.18 Å². The van der Waals surface area contributed by atoms with Crippen molar-refractivity contribution in [1.29, 1.82) is 0 Å². The van der Waals surface area contributed by atoms with Crippen molar-refractivity contribution in [3.05, 3.63) is 52.3 Å². The summed E-state index contributed by atoms with van der Waals surface area (Å²) < 4.78 is 57.3. The molecule has 0 saturated carbocycles. The van der Waals surface area contributed by atoms with Crippen LogP contribution < -0.4 is 4.74 Å². The Kier molecular flexibility index (Phi) is 4.32. The van der Waals surface area contributed by atoms with Crippen LogP contribution in [0.4, 0.5) is 17.6 Å². The molecule has 0 spiro atoms. The smallest absolute Gasteiger partial charge is 0.419 e. The van der Waals surface area contributed by atoms with Gasteiger partial charge in [-0.05, 0) is 19.1 Å². The number of nitrogens with zero attached hydrogens (tertiary/aromatic N) is 2. The van der Waals surface area contributed by atoms with Gasteiger partial charge in [-0.1, -0.05) is 11.6 Å². The normalized spacial score (nSPS) is 11.5. The van der Waals surface area contributed by atoms with Crippen LogP contribution in [0.25, 0.3) is 0 Å². The van der Waals surface area contributed by atoms with Gasteiger partial charge in [0.1, 0.15) is 18.2 Å². The fourth-order valence-electron chi connectivity index (χ4n) is 1.65. The molecule has 1 heterocycles. The summed E-state index contributed by atoms with van der Waals surface area (Å²) in [6, 6.07) is 1.72. The quantitative estimate of drug-likeness (QED) is 0.796. The van der Waals surface area contributed by atoms with Gasteiger partial charge in [-0.2, -0.15) is 13.2 Å². The third kappa shape index (κ3) is 3.60. The lowest BCUT2D eigenvalue weighted by molar-refractivity contribution is -0.141. The van der Waals surface area contributed by atoms with Gasteiger partial charge < -0.3 is 4.74 Å². The third-order valence-corrected chi connectivity index (χ3v) is 2.98. The Balaban J connectivity index is 2.31. The molecule has 0 fully saturated rings. The van der Waals surface area contributed by atoms with Gasteiger partial charge in [0.05, 0.1) is 18.0 Å². The highest BCUT2D eigenvalue weighted by molar-refractivity contribution is 6.31. The maximum Gasteiger partial charge on any atom is 0.419 e. The fourth-order valence-corrected chi connectivity index (χ4v) is 1.86. The zero-order chi connectivity index (χ0) is 15.6. The molecule has 112 valence electrons. The van der Waals surface area contributed by atoms with Crippen molar-refractivity contribution in [2.45, 2.75) is 19.7 Å². The Morgan fingerprint density at radius 2 is 1.81 bits per heavy atom. The average Bonchev–Trinajstić information content (AvgIpc) is 2.40. The average molecular weight is 321 g/mol. The topological polar surface area (TPSA) is 35.0 Å². The van der Waals surface area contributed by atoms with Crippen molar-refractivity contribution in [3.8, 4) is 5.75 Å². The second-order valence-corrected chi connectivity index (χ2v) is 4.54. The van der Waals surface area contributed by atoms with Crippen molar-refractivity contribution >= 4 is 11.6 Å². The minimum Gasteiger partial charge on any atom is -0.486 e. The van der Waals surface area contributed by atoms with E-state index in [1.54, 1.807) is 6.92 Å². The molecule has 2 aromatic rings. The Labute approximate surface area is 122 Å². The van der Waals surface area contributed by atoms with Gasteiger partial charge in [-0.25, -0.2) is 14.4 Å². The lowest BCUT2D eigenvalue weighted by Gasteiger charge is -2.15. The highest BCUT2D eigenvalue weighted by atomic mass is 35.5. The van der Waals surface area contributed by atoms with E-state index < -0.39 is 29.7 Å². The molecule has 1 aromatic carbocycles. The molecule has 0 radical (unpaired) electrons. The van der Waals surface area contributed by atoms with Gasteiger partial charge in [-0.15, -0.1) is 0 Å². The van der Waals surface area contributed by atoms with Crippen LogP contribution >= 0.6 is 11.6 Å². The van der Waals surface area contributed by atoms with Gasteiger partial charge in [0.25, 0.3) is 0 Å². The van der Waals surface area contributed by atoms with Crippen molar-refractivity contribution in [1.82, 2.24) is 9.97 Å². The molecule has 8 heteroatoms. The van der Waals surface area contributed by atoms with E-state index in [-0.39, 0.29) is 10.8 Å². The van der Waals surface area contributed by atoms with Crippen LogP contribution in [0.15, 0.2) is 24.5 Å². The molecule has 0 unspecified atom stereocenters. The number of aromatic nitrogens is 2. The standard InChI is InChI=1S/C13H9ClF4N2O/c1-7-19-4-8(5-20-7)21-6-9-10(14)2-3-11(15)12(9)13(16,17)18/h2-5H,6H2,1H3.